The predicted octanol–water partition coefficient (Wildman–Crippen LogP) is 6.72. The number of imide groups is 1. The number of benzene rings is 4. The highest BCUT2D eigenvalue weighted by molar-refractivity contribution is 6.23. The van der Waals surface area contributed by atoms with Crippen molar-refractivity contribution < 1.29 is 14.3 Å². The first kappa shape index (κ1) is 22.1. The number of para-hydroxylation sites is 1. The Bertz CT molecular complexity index is 1330. The van der Waals surface area contributed by atoms with Gasteiger partial charge in [-0.1, -0.05) is 91.0 Å². The first-order valence-electron chi connectivity index (χ1n) is 12.2. The van der Waals surface area contributed by atoms with Gasteiger partial charge in [-0.15, -0.1) is 0 Å². The number of nitrogens with zero attached hydrogens (tertiary/aromatic N) is 1. The molecule has 2 amide bonds. The van der Waals surface area contributed by atoms with Crippen LogP contribution in [-0.2, 0) is 9.59 Å². The van der Waals surface area contributed by atoms with Gasteiger partial charge >= 0.3 is 0 Å². The Kier molecular flexibility index (Phi) is 5.70. The molecule has 0 spiro atoms. The summed E-state index contributed by atoms with van der Waals surface area (Å²) in [6.07, 6.45) is 4.22. The first-order chi connectivity index (χ1) is 17.7. The number of carbonyl (C=O) groups is 2. The van der Waals surface area contributed by atoms with E-state index in [0.717, 1.165) is 16.9 Å². The maximum absolute atomic E-state index is 13.9. The van der Waals surface area contributed by atoms with Crippen molar-refractivity contribution in [3.63, 3.8) is 0 Å². The zero-order chi connectivity index (χ0) is 24.5. The van der Waals surface area contributed by atoms with Gasteiger partial charge in [-0.25, -0.2) is 4.90 Å². The van der Waals surface area contributed by atoms with Gasteiger partial charge in [0.15, 0.2) is 0 Å². The fraction of sp³-hybridized carbons (Fsp3) is 0.125. The number of hydrogen-bond acceptors (Lipinski definition) is 3. The summed E-state index contributed by atoms with van der Waals surface area (Å²) >= 11 is 0. The molecule has 0 radical (unpaired) electrons. The van der Waals surface area contributed by atoms with E-state index in [1.54, 1.807) is 24.3 Å². The SMILES string of the molecule is O=C1[C@H]2[C@H](C(=O)N1c1ccc(Oc3ccccc3)cc1)[C@H](c1ccccc1)C=C[C@@H]2c1ccccc1. The van der Waals surface area contributed by atoms with E-state index in [4.69, 9.17) is 4.74 Å². The lowest BCUT2D eigenvalue weighted by Gasteiger charge is -2.32. The molecule has 4 aromatic rings. The van der Waals surface area contributed by atoms with E-state index in [1.807, 2.05) is 91.0 Å². The molecule has 1 aliphatic heterocycles. The molecular weight excluding hydrogens is 446 g/mol. The Morgan fingerprint density at radius 1 is 0.500 bits per heavy atom. The summed E-state index contributed by atoms with van der Waals surface area (Å²) in [5, 5.41) is 0. The second kappa shape index (κ2) is 9.31. The van der Waals surface area contributed by atoms with Crippen LogP contribution in [0.5, 0.6) is 11.5 Å². The van der Waals surface area contributed by atoms with Crippen LogP contribution in [0.1, 0.15) is 23.0 Å². The second-order valence-electron chi connectivity index (χ2n) is 9.23. The van der Waals surface area contributed by atoms with Crippen molar-refractivity contribution >= 4 is 17.5 Å². The molecule has 1 fully saturated rings. The molecule has 176 valence electrons. The van der Waals surface area contributed by atoms with Gasteiger partial charge in [-0.05, 0) is 47.5 Å². The van der Waals surface area contributed by atoms with E-state index < -0.39 is 11.8 Å². The number of rotatable bonds is 5. The van der Waals surface area contributed by atoms with Crippen LogP contribution < -0.4 is 9.64 Å². The van der Waals surface area contributed by atoms with Crippen LogP contribution in [0.15, 0.2) is 127 Å². The third kappa shape index (κ3) is 3.91. The molecule has 0 unspecified atom stereocenters. The smallest absolute Gasteiger partial charge is 0.238 e. The Hall–Kier alpha value is -4.44. The Morgan fingerprint density at radius 3 is 1.39 bits per heavy atom. The fourth-order valence-electron chi connectivity index (χ4n) is 5.48. The Labute approximate surface area is 210 Å². The van der Waals surface area contributed by atoms with E-state index in [2.05, 4.69) is 12.2 Å². The molecule has 1 heterocycles. The lowest BCUT2D eigenvalue weighted by molar-refractivity contribution is -0.122. The van der Waals surface area contributed by atoms with Gasteiger partial charge in [0, 0.05) is 11.8 Å². The minimum Gasteiger partial charge on any atom is -0.457 e. The maximum atomic E-state index is 13.9. The molecular formula is C32H25NO3. The lowest BCUT2D eigenvalue weighted by Crippen LogP contribution is -2.31. The standard InChI is InChI=1S/C32H25NO3/c34-31-29-27(22-10-4-1-5-11-22)20-21-28(23-12-6-2-7-13-23)30(29)32(35)33(31)24-16-18-26(19-17-24)36-25-14-8-3-9-15-25/h1-21,27-30H/t27-,28+,29-,30-/m1/s1. The zero-order valence-electron chi connectivity index (χ0n) is 19.6. The summed E-state index contributed by atoms with van der Waals surface area (Å²) in [4.78, 5) is 29.2. The number of ether oxygens (including phenoxy) is 1. The Balaban J connectivity index is 1.36. The molecule has 4 heteroatoms. The van der Waals surface area contributed by atoms with Crippen molar-refractivity contribution in [2.45, 2.75) is 11.8 Å². The van der Waals surface area contributed by atoms with Crippen molar-refractivity contribution in [2.75, 3.05) is 4.90 Å². The molecule has 1 saturated heterocycles. The van der Waals surface area contributed by atoms with Crippen molar-refractivity contribution in [3.8, 4) is 11.5 Å². The molecule has 1 aliphatic carbocycles. The number of allylic oxidation sites excluding steroid dienone is 2. The van der Waals surface area contributed by atoms with E-state index in [-0.39, 0.29) is 23.7 Å². The van der Waals surface area contributed by atoms with Crippen LogP contribution in [0.3, 0.4) is 0 Å². The largest absolute Gasteiger partial charge is 0.457 e. The summed E-state index contributed by atoms with van der Waals surface area (Å²) in [7, 11) is 0. The van der Waals surface area contributed by atoms with Crippen LogP contribution >= 0.6 is 0 Å². The Morgan fingerprint density at radius 2 is 0.917 bits per heavy atom. The number of hydrogen-bond donors (Lipinski definition) is 0. The quantitative estimate of drug-likeness (QED) is 0.240. The molecule has 4 atom stereocenters. The monoisotopic (exact) mass is 471 g/mol. The third-order valence-electron chi connectivity index (χ3n) is 7.14. The van der Waals surface area contributed by atoms with Crippen molar-refractivity contribution in [1.82, 2.24) is 0 Å². The third-order valence-corrected chi connectivity index (χ3v) is 7.14. The van der Waals surface area contributed by atoms with E-state index in [9.17, 15) is 9.59 Å². The van der Waals surface area contributed by atoms with Gasteiger partial charge in [-0.2, -0.15) is 0 Å². The maximum Gasteiger partial charge on any atom is 0.238 e. The van der Waals surface area contributed by atoms with Crippen molar-refractivity contribution in [2.24, 2.45) is 11.8 Å². The van der Waals surface area contributed by atoms with Crippen LogP contribution in [-0.4, -0.2) is 11.8 Å². The molecule has 6 rings (SSSR count). The summed E-state index contributed by atoms with van der Waals surface area (Å²) in [5.74, 6) is -0.163. The topological polar surface area (TPSA) is 46.6 Å². The average molecular weight is 472 g/mol. The zero-order valence-corrected chi connectivity index (χ0v) is 19.6. The van der Waals surface area contributed by atoms with Crippen LogP contribution in [0.2, 0.25) is 0 Å². The molecule has 0 saturated carbocycles. The molecule has 4 aromatic carbocycles. The molecule has 4 nitrogen and oxygen atoms in total. The highest BCUT2D eigenvalue weighted by Crippen LogP contribution is 2.50. The number of anilines is 1. The van der Waals surface area contributed by atoms with Crippen LogP contribution in [0, 0.1) is 11.8 Å². The molecule has 36 heavy (non-hydrogen) atoms. The molecule has 0 aromatic heterocycles. The summed E-state index contributed by atoms with van der Waals surface area (Å²) in [6, 6.07) is 36.7. The number of fused-ring (bicyclic) bond motifs is 1. The lowest BCUT2D eigenvalue weighted by atomic mass is 9.68. The van der Waals surface area contributed by atoms with Gasteiger partial charge in [0.1, 0.15) is 11.5 Å². The van der Waals surface area contributed by atoms with Gasteiger partial charge in [0.25, 0.3) is 0 Å². The number of amides is 2. The van der Waals surface area contributed by atoms with Crippen LogP contribution in [0.4, 0.5) is 5.69 Å². The van der Waals surface area contributed by atoms with E-state index in [1.165, 1.54) is 4.90 Å². The predicted molar refractivity (Wildman–Crippen MR) is 140 cm³/mol. The molecule has 2 aliphatic rings. The second-order valence-corrected chi connectivity index (χ2v) is 9.23. The highest BCUT2D eigenvalue weighted by atomic mass is 16.5. The number of carbonyl (C=O) groups excluding carboxylic acids is 2. The summed E-state index contributed by atoms with van der Waals surface area (Å²) in [6.45, 7) is 0. The van der Waals surface area contributed by atoms with Gasteiger partial charge in [0.2, 0.25) is 11.8 Å². The minimum atomic E-state index is -0.463. The van der Waals surface area contributed by atoms with Gasteiger partial charge in [-0.3, -0.25) is 9.59 Å². The normalized spacial score (nSPS) is 22.9. The van der Waals surface area contributed by atoms with Crippen LogP contribution in [0.25, 0.3) is 0 Å². The van der Waals surface area contributed by atoms with Crippen molar-refractivity contribution in [1.29, 1.82) is 0 Å². The van der Waals surface area contributed by atoms with E-state index >= 15 is 0 Å². The van der Waals surface area contributed by atoms with E-state index in [0.29, 0.717) is 11.4 Å². The molecule has 0 bridgehead atoms. The average Bonchev–Trinajstić information content (AvgIpc) is 3.20. The van der Waals surface area contributed by atoms with Crippen molar-refractivity contribution in [3.05, 3.63) is 139 Å². The molecule has 0 N–H and O–H groups in total. The summed E-state index contributed by atoms with van der Waals surface area (Å²) in [5.41, 5.74) is 2.66. The van der Waals surface area contributed by atoms with Gasteiger partial charge < -0.3 is 4.74 Å². The summed E-state index contributed by atoms with van der Waals surface area (Å²) < 4.78 is 5.90. The highest BCUT2D eigenvalue weighted by Gasteiger charge is 2.55. The minimum absolute atomic E-state index is 0.152. The first-order valence-corrected chi connectivity index (χ1v) is 12.2. The van der Waals surface area contributed by atoms with Gasteiger partial charge in [0.05, 0.1) is 17.5 Å². The fourth-order valence-corrected chi connectivity index (χ4v) is 5.48.